The Bertz CT molecular complexity index is 696. The van der Waals surface area contributed by atoms with Crippen LogP contribution in [0.15, 0.2) is 48.5 Å². The molecule has 0 fully saturated rings. The highest BCUT2D eigenvalue weighted by molar-refractivity contribution is 6.06. The number of carboxylic acids is 1. The van der Waals surface area contributed by atoms with Crippen molar-refractivity contribution in [3.8, 4) is 0 Å². The number of aliphatic carboxylic acids is 1. The number of nitrogens with two attached hydrogens (primary N) is 1. The number of carboxylic acid groups (broad SMARTS) is 1. The van der Waals surface area contributed by atoms with Crippen LogP contribution in [0.25, 0.3) is 21.8 Å². The third-order valence-corrected chi connectivity index (χ3v) is 3.42. The minimum Gasteiger partial charge on any atom is -0.480 e. The molecule has 4 nitrogen and oxygen atoms in total. The van der Waals surface area contributed by atoms with Crippen LogP contribution in [0.3, 0.4) is 0 Å². The fourth-order valence-electron chi connectivity index (χ4n) is 2.08. The number of carbonyl (C=O) groups is 1. The van der Waals surface area contributed by atoms with Gasteiger partial charge in [-0.05, 0) is 18.1 Å². The Labute approximate surface area is 123 Å². The van der Waals surface area contributed by atoms with E-state index in [2.05, 4.69) is 53.5 Å². The van der Waals surface area contributed by atoms with Crippen molar-refractivity contribution in [3.63, 3.8) is 0 Å². The van der Waals surface area contributed by atoms with Crippen molar-refractivity contribution in [2.75, 3.05) is 0 Å². The van der Waals surface area contributed by atoms with Gasteiger partial charge >= 0.3 is 5.97 Å². The van der Waals surface area contributed by atoms with Crippen molar-refractivity contribution in [1.29, 1.82) is 0 Å². The number of benzene rings is 2. The highest BCUT2D eigenvalue weighted by Crippen LogP contribution is 2.24. The summed E-state index contributed by atoms with van der Waals surface area (Å²) in [6, 6.07) is 16.0. The highest BCUT2D eigenvalue weighted by Gasteiger charge is 2.14. The van der Waals surface area contributed by atoms with Gasteiger partial charge in [0.25, 0.3) is 0 Å². The van der Waals surface area contributed by atoms with Crippen LogP contribution in [0.4, 0.5) is 0 Å². The molecule has 0 aliphatic carbocycles. The predicted octanol–water partition coefficient (Wildman–Crippen LogP) is 3.38. The van der Waals surface area contributed by atoms with Crippen molar-refractivity contribution < 1.29 is 9.90 Å². The first-order chi connectivity index (χ1) is 10.0. The smallest absolute Gasteiger partial charge is 0.320 e. The van der Waals surface area contributed by atoms with Crippen molar-refractivity contribution in [3.05, 3.63) is 48.5 Å². The van der Waals surface area contributed by atoms with Gasteiger partial charge in [-0.15, -0.1) is 0 Å². The quantitative estimate of drug-likeness (QED) is 0.675. The Morgan fingerprint density at radius 3 is 1.76 bits per heavy atom. The number of rotatable bonds is 2. The number of para-hydroxylation sites is 2. The second kappa shape index (κ2) is 6.41. The average molecular weight is 284 g/mol. The van der Waals surface area contributed by atoms with E-state index in [-0.39, 0.29) is 5.92 Å². The molecule has 4 N–H and O–H groups in total. The number of hydrogen-bond acceptors (Lipinski definition) is 2. The van der Waals surface area contributed by atoms with Gasteiger partial charge in [0, 0.05) is 21.8 Å². The monoisotopic (exact) mass is 284 g/mol. The highest BCUT2D eigenvalue weighted by atomic mass is 16.4. The summed E-state index contributed by atoms with van der Waals surface area (Å²) in [5.41, 5.74) is 7.58. The molecule has 4 heteroatoms. The van der Waals surface area contributed by atoms with Crippen LogP contribution in [0.1, 0.15) is 13.8 Å². The first-order valence-electron chi connectivity index (χ1n) is 6.94. The van der Waals surface area contributed by atoms with E-state index in [1.54, 1.807) is 13.8 Å². The molecule has 0 aliphatic heterocycles. The van der Waals surface area contributed by atoms with Gasteiger partial charge in [0.2, 0.25) is 0 Å². The zero-order valence-electron chi connectivity index (χ0n) is 12.2. The van der Waals surface area contributed by atoms with Gasteiger partial charge in [-0.2, -0.15) is 0 Å². The summed E-state index contributed by atoms with van der Waals surface area (Å²) in [5, 5.41) is 10.8. The van der Waals surface area contributed by atoms with E-state index >= 15 is 0 Å². The third kappa shape index (κ3) is 3.41. The van der Waals surface area contributed by atoms with Gasteiger partial charge in [0.05, 0.1) is 0 Å². The van der Waals surface area contributed by atoms with Gasteiger partial charge in [0.15, 0.2) is 0 Å². The molecule has 0 radical (unpaired) electrons. The van der Waals surface area contributed by atoms with E-state index in [1.807, 2.05) is 0 Å². The summed E-state index contributed by atoms with van der Waals surface area (Å²) in [4.78, 5) is 13.4. The standard InChI is InChI=1S/C12H9N.C5H11NO2/c1-3-7-11-9(5-1)10-6-2-4-8-12(10)13-11;1-3(2)4(6)5(7)8/h1-8,13H;3-4H,6H2,1-2H3,(H,7,8)/t;4-/m.0/s1. The van der Waals surface area contributed by atoms with Gasteiger partial charge < -0.3 is 15.8 Å². The molecule has 0 bridgehead atoms. The molecule has 0 aliphatic rings. The lowest BCUT2D eigenvalue weighted by molar-refractivity contribution is -0.139. The van der Waals surface area contributed by atoms with Crippen LogP contribution in [-0.2, 0) is 4.79 Å². The molecule has 0 unspecified atom stereocenters. The molecular weight excluding hydrogens is 264 g/mol. The molecule has 110 valence electrons. The maximum atomic E-state index is 10.0. The molecule has 21 heavy (non-hydrogen) atoms. The number of hydrogen-bond donors (Lipinski definition) is 3. The van der Waals surface area contributed by atoms with Crippen LogP contribution in [0.2, 0.25) is 0 Å². The van der Waals surface area contributed by atoms with Crippen LogP contribution < -0.4 is 5.73 Å². The molecule has 3 rings (SSSR count). The summed E-state index contributed by atoms with van der Waals surface area (Å²) in [7, 11) is 0. The fourth-order valence-corrected chi connectivity index (χ4v) is 2.08. The minimum absolute atomic E-state index is 0.0208. The molecule has 3 aromatic rings. The maximum absolute atomic E-state index is 10.0. The molecule has 0 saturated heterocycles. The van der Waals surface area contributed by atoms with Crippen molar-refractivity contribution in [2.45, 2.75) is 19.9 Å². The van der Waals surface area contributed by atoms with E-state index in [0.717, 1.165) is 0 Å². The van der Waals surface area contributed by atoms with Crippen LogP contribution in [0.5, 0.6) is 0 Å². The van der Waals surface area contributed by atoms with E-state index in [4.69, 9.17) is 10.8 Å². The van der Waals surface area contributed by atoms with E-state index in [9.17, 15) is 4.79 Å². The molecule has 0 spiro atoms. The molecule has 1 atom stereocenters. The Balaban J connectivity index is 0.000000177. The number of aromatic nitrogens is 1. The van der Waals surface area contributed by atoms with Crippen molar-refractivity contribution >= 4 is 27.8 Å². The molecule has 0 amide bonds. The van der Waals surface area contributed by atoms with Gasteiger partial charge in [-0.1, -0.05) is 50.2 Å². The lowest BCUT2D eigenvalue weighted by atomic mass is 10.1. The molecule has 2 aromatic carbocycles. The number of aromatic amines is 1. The van der Waals surface area contributed by atoms with Gasteiger partial charge in [0.1, 0.15) is 6.04 Å². The van der Waals surface area contributed by atoms with Crippen molar-refractivity contribution in [1.82, 2.24) is 4.98 Å². The number of H-pyrrole nitrogens is 1. The lowest BCUT2D eigenvalue weighted by Gasteiger charge is -2.07. The average Bonchev–Trinajstić information content (AvgIpc) is 2.85. The normalized spacial score (nSPS) is 12.2. The topological polar surface area (TPSA) is 79.1 Å². The molecule has 1 heterocycles. The Kier molecular flexibility index (Phi) is 4.60. The van der Waals surface area contributed by atoms with Crippen molar-refractivity contribution in [2.24, 2.45) is 11.7 Å². The van der Waals surface area contributed by atoms with Gasteiger partial charge in [-0.25, -0.2) is 0 Å². The number of fused-ring (bicyclic) bond motifs is 3. The lowest BCUT2D eigenvalue weighted by Crippen LogP contribution is -2.34. The first-order valence-corrected chi connectivity index (χ1v) is 6.94. The van der Waals surface area contributed by atoms with E-state index in [0.29, 0.717) is 0 Å². The summed E-state index contributed by atoms with van der Waals surface area (Å²) in [5.74, 6) is -0.910. The second-order valence-electron chi connectivity index (χ2n) is 5.32. The Morgan fingerprint density at radius 2 is 1.43 bits per heavy atom. The SMILES string of the molecule is CC(C)[C@H](N)C(=O)O.c1ccc2c(c1)[nH]c1ccccc12. The Morgan fingerprint density at radius 1 is 1.00 bits per heavy atom. The Hall–Kier alpha value is -2.33. The van der Waals surface area contributed by atoms with Crippen LogP contribution >= 0.6 is 0 Å². The summed E-state index contributed by atoms with van der Waals surface area (Å²) in [6.45, 7) is 3.55. The largest absolute Gasteiger partial charge is 0.480 e. The third-order valence-electron chi connectivity index (χ3n) is 3.42. The van der Waals surface area contributed by atoms with E-state index < -0.39 is 12.0 Å². The van der Waals surface area contributed by atoms with Gasteiger partial charge in [-0.3, -0.25) is 4.79 Å². The van der Waals surface area contributed by atoms with Crippen LogP contribution in [-0.4, -0.2) is 22.1 Å². The van der Waals surface area contributed by atoms with E-state index in [1.165, 1.54) is 21.8 Å². The summed E-state index contributed by atoms with van der Waals surface area (Å²) in [6.07, 6.45) is 0. The zero-order chi connectivity index (χ0) is 15.4. The second-order valence-corrected chi connectivity index (χ2v) is 5.32. The minimum atomic E-state index is -0.931. The summed E-state index contributed by atoms with van der Waals surface area (Å²) < 4.78 is 0. The molecule has 1 aromatic heterocycles. The maximum Gasteiger partial charge on any atom is 0.320 e. The van der Waals surface area contributed by atoms with Crippen LogP contribution in [0, 0.1) is 5.92 Å². The predicted molar refractivity (Wildman–Crippen MR) is 86.3 cm³/mol. The molecular formula is C17H20N2O2. The molecule has 0 saturated carbocycles. The number of nitrogens with one attached hydrogen (secondary N) is 1. The first kappa shape index (κ1) is 15.1. The fraction of sp³-hybridized carbons (Fsp3) is 0.235. The zero-order valence-corrected chi connectivity index (χ0v) is 12.2. The summed E-state index contributed by atoms with van der Waals surface area (Å²) >= 11 is 0.